The van der Waals surface area contributed by atoms with Gasteiger partial charge in [0.15, 0.2) is 0 Å². The molecule has 3 aromatic rings. The second-order valence-corrected chi connectivity index (χ2v) is 6.75. The molecule has 28 heavy (non-hydrogen) atoms. The van der Waals surface area contributed by atoms with E-state index in [0.717, 1.165) is 23.4 Å². The second-order valence-electron chi connectivity index (χ2n) is 6.75. The normalized spacial score (nSPS) is 18.5. The molecule has 6 nitrogen and oxygen atoms in total. The minimum absolute atomic E-state index is 0.0603. The number of oxime groups is 1. The summed E-state index contributed by atoms with van der Waals surface area (Å²) in [6, 6.07) is 22.4. The summed E-state index contributed by atoms with van der Waals surface area (Å²) in [5, 5.41) is 15.2. The van der Waals surface area contributed by atoms with Gasteiger partial charge >= 0.3 is 0 Å². The van der Waals surface area contributed by atoms with E-state index in [-0.39, 0.29) is 18.2 Å². The first kappa shape index (κ1) is 17.9. The lowest BCUT2D eigenvalue weighted by molar-refractivity contribution is -0.384. The maximum atomic E-state index is 10.7. The third kappa shape index (κ3) is 4.06. The van der Waals surface area contributed by atoms with Crippen molar-refractivity contribution in [1.29, 1.82) is 0 Å². The maximum Gasteiger partial charge on any atom is 0.269 e. The highest BCUT2D eigenvalue weighted by Gasteiger charge is 2.43. The van der Waals surface area contributed by atoms with E-state index in [0.29, 0.717) is 5.92 Å². The van der Waals surface area contributed by atoms with Crippen molar-refractivity contribution in [1.82, 2.24) is 4.98 Å². The number of non-ortho nitro benzene ring substituents is 1. The highest BCUT2D eigenvalue weighted by atomic mass is 16.6. The van der Waals surface area contributed by atoms with Crippen molar-refractivity contribution in [2.24, 2.45) is 11.1 Å². The molecule has 1 aromatic heterocycles. The van der Waals surface area contributed by atoms with Gasteiger partial charge in [-0.3, -0.25) is 15.1 Å². The van der Waals surface area contributed by atoms with E-state index in [2.05, 4.69) is 22.3 Å². The predicted molar refractivity (Wildman–Crippen MR) is 106 cm³/mol. The van der Waals surface area contributed by atoms with Crippen LogP contribution in [0.4, 0.5) is 5.69 Å². The lowest BCUT2D eigenvalue weighted by atomic mass is 10.1. The number of nitro benzene ring substituents is 1. The average molecular weight is 373 g/mol. The summed E-state index contributed by atoms with van der Waals surface area (Å²) in [5.74, 6) is 0.694. The summed E-state index contributed by atoms with van der Waals surface area (Å²) < 4.78 is 0. The molecule has 0 spiro atoms. The highest BCUT2D eigenvalue weighted by molar-refractivity contribution is 6.02. The molecule has 0 saturated heterocycles. The fourth-order valence-corrected chi connectivity index (χ4v) is 3.27. The van der Waals surface area contributed by atoms with Crippen LogP contribution in [-0.2, 0) is 11.4 Å². The first-order chi connectivity index (χ1) is 13.7. The van der Waals surface area contributed by atoms with Gasteiger partial charge in [-0.25, -0.2) is 0 Å². The van der Waals surface area contributed by atoms with Crippen molar-refractivity contribution in [3.63, 3.8) is 0 Å². The lowest BCUT2D eigenvalue weighted by Gasteiger charge is -2.07. The minimum atomic E-state index is -0.418. The van der Waals surface area contributed by atoms with Gasteiger partial charge in [-0.1, -0.05) is 41.6 Å². The predicted octanol–water partition coefficient (Wildman–Crippen LogP) is 4.71. The van der Waals surface area contributed by atoms with Crippen molar-refractivity contribution < 1.29 is 9.76 Å². The third-order valence-corrected chi connectivity index (χ3v) is 4.84. The Labute approximate surface area is 162 Å². The van der Waals surface area contributed by atoms with Crippen LogP contribution in [0, 0.1) is 16.0 Å². The molecule has 6 heteroatoms. The van der Waals surface area contributed by atoms with Gasteiger partial charge in [0.1, 0.15) is 12.3 Å². The molecule has 4 rings (SSSR count). The quantitative estimate of drug-likeness (QED) is 0.341. The molecule has 1 aliphatic rings. The molecule has 0 amide bonds. The monoisotopic (exact) mass is 373 g/mol. The zero-order valence-corrected chi connectivity index (χ0v) is 15.1. The first-order valence-electron chi connectivity index (χ1n) is 9.12. The fourth-order valence-electron chi connectivity index (χ4n) is 3.27. The fraction of sp³-hybridized carbons (Fsp3) is 0.182. The van der Waals surface area contributed by atoms with E-state index in [1.807, 2.05) is 36.4 Å². The molecule has 1 heterocycles. The van der Waals surface area contributed by atoms with Crippen molar-refractivity contribution in [3.05, 3.63) is 106 Å². The molecule has 1 aliphatic carbocycles. The zero-order valence-electron chi connectivity index (χ0n) is 15.1. The lowest BCUT2D eigenvalue weighted by Crippen LogP contribution is -2.08. The van der Waals surface area contributed by atoms with Crippen LogP contribution in [0.1, 0.15) is 29.2 Å². The van der Waals surface area contributed by atoms with E-state index < -0.39 is 4.92 Å². The second kappa shape index (κ2) is 8.00. The van der Waals surface area contributed by atoms with Crippen molar-refractivity contribution in [2.75, 3.05) is 0 Å². The Balaban J connectivity index is 1.49. The molecular formula is C22H19N3O3. The van der Waals surface area contributed by atoms with Crippen LogP contribution in [0.3, 0.4) is 0 Å². The van der Waals surface area contributed by atoms with Crippen molar-refractivity contribution >= 4 is 11.4 Å². The molecule has 1 fully saturated rings. The first-order valence-corrected chi connectivity index (χ1v) is 9.12. The number of pyridine rings is 1. The molecule has 1 saturated carbocycles. The highest BCUT2D eigenvalue weighted by Crippen LogP contribution is 2.49. The van der Waals surface area contributed by atoms with E-state index in [1.165, 1.54) is 17.7 Å². The zero-order chi connectivity index (χ0) is 19.3. The van der Waals surface area contributed by atoms with Gasteiger partial charge < -0.3 is 4.84 Å². The summed E-state index contributed by atoms with van der Waals surface area (Å²) in [6.07, 6.45) is 2.77. The molecule has 2 aromatic carbocycles. The van der Waals surface area contributed by atoms with Gasteiger partial charge in [0.25, 0.3) is 5.69 Å². The molecule has 0 unspecified atom stereocenters. The van der Waals surface area contributed by atoms with Gasteiger partial charge in [0.2, 0.25) is 0 Å². The van der Waals surface area contributed by atoms with Gasteiger partial charge in [-0.15, -0.1) is 0 Å². The number of aromatic nitrogens is 1. The van der Waals surface area contributed by atoms with Crippen LogP contribution in [0.15, 0.2) is 84.1 Å². The number of nitrogens with zero attached hydrogens (tertiary/aromatic N) is 3. The van der Waals surface area contributed by atoms with Crippen LogP contribution in [0.2, 0.25) is 0 Å². The average Bonchev–Trinajstić information content (AvgIpc) is 3.53. The Kier molecular flexibility index (Phi) is 5.10. The van der Waals surface area contributed by atoms with Gasteiger partial charge in [-0.05, 0) is 47.7 Å². The molecule has 140 valence electrons. The molecular weight excluding hydrogens is 354 g/mol. The number of hydrogen-bond donors (Lipinski definition) is 0. The summed E-state index contributed by atoms with van der Waals surface area (Å²) >= 11 is 0. The molecule has 2 atom stereocenters. The van der Waals surface area contributed by atoms with Crippen LogP contribution < -0.4 is 0 Å². The van der Waals surface area contributed by atoms with Gasteiger partial charge in [0.05, 0.1) is 10.6 Å². The van der Waals surface area contributed by atoms with Crippen molar-refractivity contribution in [2.45, 2.75) is 18.9 Å². The third-order valence-electron chi connectivity index (χ3n) is 4.84. The molecule has 0 N–H and O–H groups in total. The Bertz CT molecular complexity index is 973. The van der Waals surface area contributed by atoms with Gasteiger partial charge in [-0.2, -0.15) is 0 Å². The van der Waals surface area contributed by atoms with E-state index in [1.54, 1.807) is 18.3 Å². The largest absolute Gasteiger partial charge is 0.391 e. The summed E-state index contributed by atoms with van der Waals surface area (Å²) in [7, 11) is 0. The number of benzene rings is 2. The van der Waals surface area contributed by atoms with Crippen LogP contribution in [0.5, 0.6) is 0 Å². The number of rotatable bonds is 7. The standard InChI is InChI=1S/C22H19N3O3/c26-25(27)18-11-9-16(10-12-18)15-28-24-22(21-8-4-5-13-23-21)20-14-19(20)17-6-2-1-3-7-17/h1-13,19-20H,14-15H2/b24-22+/t19-,20+/m0/s1. The van der Waals surface area contributed by atoms with Crippen molar-refractivity contribution in [3.8, 4) is 0 Å². The maximum absolute atomic E-state index is 10.7. The molecule has 0 aliphatic heterocycles. The SMILES string of the molecule is O=[N+]([O-])c1ccc(CO/N=C(/c2ccccn2)[C@@H]2C[C@H]2c2ccccc2)cc1. The Morgan fingerprint density at radius 1 is 1.07 bits per heavy atom. The smallest absolute Gasteiger partial charge is 0.269 e. The number of hydrogen-bond acceptors (Lipinski definition) is 5. The minimum Gasteiger partial charge on any atom is -0.391 e. The van der Waals surface area contributed by atoms with Gasteiger partial charge in [0, 0.05) is 24.2 Å². The summed E-state index contributed by atoms with van der Waals surface area (Å²) in [5.41, 5.74) is 3.84. The molecule has 0 bridgehead atoms. The van der Waals surface area contributed by atoms with E-state index >= 15 is 0 Å². The number of nitro groups is 1. The Morgan fingerprint density at radius 2 is 1.82 bits per heavy atom. The van der Waals surface area contributed by atoms with Crippen LogP contribution in [-0.4, -0.2) is 15.6 Å². The van der Waals surface area contributed by atoms with E-state index in [4.69, 9.17) is 4.84 Å². The summed E-state index contributed by atoms with van der Waals surface area (Å²) in [6.45, 7) is 0.247. The summed E-state index contributed by atoms with van der Waals surface area (Å²) in [4.78, 5) is 20.4. The molecule has 0 radical (unpaired) electrons. The van der Waals surface area contributed by atoms with E-state index in [9.17, 15) is 10.1 Å². The Hall–Kier alpha value is -3.54. The Morgan fingerprint density at radius 3 is 2.50 bits per heavy atom. The van der Waals surface area contributed by atoms with Crippen LogP contribution in [0.25, 0.3) is 0 Å². The van der Waals surface area contributed by atoms with Crippen LogP contribution >= 0.6 is 0 Å². The topological polar surface area (TPSA) is 77.6 Å².